The quantitative estimate of drug-likeness (QED) is 0.438. The van der Waals surface area contributed by atoms with Gasteiger partial charge in [-0.3, -0.25) is 4.79 Å². The molecule has 34 heavy (non-hydrogen) atoms. The molecule has 0 unspecified atom stereocenters. The number of rotatable bonds is 4. The minimum Gasteiger partial charge on any atom is -0.409 e. The van der Waals surface area contributed by atoms with Crippen LogP contribution in [0.25, 0.3) is 17.2 Å². The Balaban J connectivity index is 1.42. The number of pyridine rings is 1. The lowest BCUT2D eigenvalue weighted by atomic mass is 9.98. The SMILES string of the molecule is CC(C)c1cccn2nc([C@@H]3c4nc[nH]c4CCN3C(=O)c3nnc(-c4ncccn4)o3)cc12. The van der Waals surface area contributed by atoms with Gasteiger partial charge in [0.25, 0.3) is 5.89 Å². The monoisotopic (exact) mass is 455 g/mol. The van der Waals surface area contributed by atoms with E-state index in [1.807, 2.05) is 22.8 Å². The van der Waals surface area contributed by atoms with Gasteiger partial charge in [0.15, 0.2) is 0 Å². The summed E-state index contributed by atoms with van der Waals surface area (Å²) in [6.07, 6.45) is 7.34. The summed E-state index contributed by atoms with van der Waals surface area (Å²) in [5.41, 5.74) is 4.66. The van der Waals surface area contributed by atoms with E-state index in [1.54, 1.807) is 29.7 Å². The minimum atomic E-state index is -0.495. The van der Waals surface area contributed by atoms with Crippen LogP contribution >= 0.6 is 0 Å². The van der Waals surface area contributed by atoms with Crippen molar-refractivity contribution in [1.29, 1.82) is 0 Å². The molecule has 0 aromatic carbocycles. The highest BCUT2D eigenvalue weighted by Crippen LogP contribution is 2.35. The molecule has 1 N–H and O–H groups in total. The lowest BCUT2D eigenvalue weighted by Crippen LogP contribution is -2.41. The van der Waals surface area contributed by atoms with Crippen LogP contribution in [0, 0.1) is 0 Å². The summed E-state index contributed by atoms with van der Waals surface area (Å²) in [7, 11) is 0. The predicted octanol–water partition coefficient (Wildman–Crippen LogP) is 2.81. The molecular weight excluding hydrogens is 434 g/mol. The molecule has 0 saturated heterocycles. The summed E-state index contributed by atoms with van der Waals surface area (Å²) in [6, 6.07) is 7.30. The molecule has 6 heterocycles. The van der Waals surface area contributed by atoms with Gasteiger partial charge in [0, 0.05) is 37.3 Å². The molecule has 0 spiro atoms. The topological polar surface area (TPSA) is 131 Å². The number of carbonyl (C=O) groups is 1. The molecule has 6 rings (SSSR count). The van der Waals surface area contributed by atoms with E-state index < -0.39 is 11.9 Å². The molecule has 5 aromatic heterocycles. The Morgan fingerprint density at radius 1 is 1.18 bits per heavy atom. The van der Waals surface area contributed by atoms with E-state index in [9.17, 15) is 4.79 Å². The van der Waals surface area contributed by atoms with Crippen LogP contribution < -0.4 is 0 Å². The first kappa shape index (κ1) is 20.2. The van der Waals surface area contributed by atoms with E-state index in [0.29, 0.717) is 18.9 Å². The Hall–Kier alpha value is -4.41. The van der Waals surface area contributed by atoms with Crippen molar-refractivity contribution in [2.24, 2.45) is 0 Å². The van der Waals surface area contributed by atoms with E-state index in [-0.39, 0.29) is 17.6 Å². The Morgan fingerprint density at radius 3 is 2.85 bits per heavy atom. The molecule has 0 radical (unpaired) electrons. The lowest BCUT2D eigenvalue weighted by Gasteiger charge is -2.32. The molecule has 0 fully saturated rings. The van der Waals surface area contributed by atoms with Gasteiger partial charge >= 0.3 is 11.8 Å². The molecule has 170 valence electrons. The number of nitrogens with one attached hydrogen (secondary N) is 1. The average molecular weight is 455 g/mol. The molecule has 1 aliphatic rings. The number of imidazole rings is 1. The second-order valence-corrected chi connectivity index (χ2v) is 8.42. The van der Waals surface area contributed by atoms with Gasteiger partial charge in [-0.15, -0.1) is 10.2 Å². The third-order valence-corrected chi connectivity index (χ3v) is 6.01. The van der Waals surface area contributed by atoms with Crippen LogP contribution in [0.5, 0.6) is 0 Å². The highest BCUT2D eigenvalue weighted by atomic mass is 16.4. The smallest absolute Gasteiger partial charge is 0.312 e. The molecule has 0 aliphatic carbocycles. The first-order chi connectivity index (χ1) is 16.6. The normalized spacial score (nSPS) is 15.7. The zero-order valence-electron chi connectivity index (χ0n) is 18.6. The largest absolute Gasteiger partial charge is 0.409 e. The van der Waals surface area contributed by atoms with Crippen molar-refractivity contribution in [2.75, 3.05) is 6.54 Å². The number of nitrogens with zero attached hydrogens (tertiary/aromatic N) is 8. The Morgan fingerprint density at radius 2 is 2.03 bits per heavy atom. The fraction of sp³-hybridized carbons (Fsp3) is 0.261. The third kappa shape index (κ3) is 3.24. The van der Waals surface area contributed by atoms with E-state index in [0.717, 1.165) is 22.6 Å². The van der Waals surface area contributed by atoms with Crippen molar-refractivity contribution in [3.63, 3.8) is 0 Å². The van der Waals surface area contributed by atoms with Gasteiger partial charge in [0.1, 0.15) is 6.04 Å². The highest BCUT2D eigenvalue weighted by Gasteiger charge is 2.38. The standard InChI is InChI=1S/C23H21N9O2/c1-13(2)14-5-3-9-32-17(14)11-16(30-32)19-18-15(26-12-27-18)6-10-31(19)23(33)22-29-28-21(34-22)20-24-7-4-8-25-20/h3-5,7-9,11-13,19H,6,10H2,1-2H3,(H,26,27)/t19-/m1/s1. The van der Waals surface area contributed by atoms with Crippen LogP contribution in [0.4, 0.5) is 0 Å². The predicted molar refractivity (Wildman–Crippen MR) is 120 cm³/mol. The molecule has 0 bridgehead atoms. The number of hydrogen-bond acceptors (Lipinski definition) is 8. The van der Waals surface area contributed by atoms with Crippen molar-refractivity contribution in [3.05, 3.63) is 77.7 Å². The Kier molecular flexibility index (Phi) is 4.68. The van der Waals surface area contributed by atoms with E-state index in [4.69, 9.17) is 9.52 Å². The number of aromatic nitrogens is 8. The first-order valence-electron chi connectivity index (χ1n) is 11.0. The maximum atomic E-state index is 13.6. The molecule has 0 saturated carbocycles. The summed E-state index contributed by atoms with van der Waals surface area (Å²) in [5.74, 6) is 0.163. The molecular formula is C23H21N9O2. The average Bonchev–Trinajstić information content (AvgIpc) is 3.62. The van der Waals surface area contributed by atoms with Gasteiger partial charge in [-0.25, -0.2) is 19.5 Å². The fourth-order valence-corrected chi connectivity index (χ4v) is 4.41. The van der Waals surface area contributed by atoms with Gasteiger partial charge < -0.3 is 14.3 Å². The van der Waals surface area contributed by atoms with Crippen molar-refractivity contribution in [3.8, 4) is 11.7 Å². The number of amides is 1. The maximum absolute atomic E-state index is 13.6. The number of H-pyrrole nitrogens is 1. The van der Waals surface area contributed by atoms with Crippen molar-refractivity contribution >= 4 is 11.4 Å². The van der Waals surface area contributed by atoms with Crippen LogP contribution in [0.3, 0.4) is 0 Å². The maximum Gasteiger partial charge on any atom is 0.312 e. The number of carbonyl (C=O) groups excluding carboxylic acids is 1. The van der Waals surface area contributed by atoms with Gasteiger partial charge in [-0.05, 0) is 29.7 Å². The van der Waals surface area contributed by atoms with Crippen LogP contribution in [0.1, 0.15) is 59.1 Å². The van der Waals surface area contributed by atoms with Crippen molar-refractivity contribution in [1.82, 2.24) is 44.6 Å². The second-order valence-electron chi connectivity index (χ2n) is 8.42. The van der Waals surface area contributed by atoms with E-state index >= 15 is 0 Å². The molecule has 11 heteroatoms. The van der Waals surface area contributed by atoms with Crippen molar-refractivity contribution in [2.45, 2.75) is 32.2 Å². The fourth-order valence-electron chi connectivity index (χ4n) is 4.41. The van der Waals surface area contributed by atoms with Crippen LogP contribution in [-0.2, 0) is 6.42 Å². The zero-order chi connectivity index (χ0) is 23.2. The molecule has 11 nitrogen and oxygen atoms in total. The molecule has 5 aromatic rings. The lowest BCUT2D eigenvalue weighted by molar-refractivity contribution is 0.0646. The highest BCUT2D eigenvalue weighted by molar-refractivity contribution is 5.90. The summed E-state index contributed by atoms with van der Waals surface area (Å²) in [5, 5.41) is 12.8. The van der Waals surface area contributed by atoms with Gasteiger partial charge in [-0.1, -0.05) is 19.9 Å². The number of hydrogen-bond donors (Lipinski definition) is 1. The second kappa shape index (κ2) is 7.87. The Bertz CT molecular complexity index is 1480. The number of aromatic amines is 1. The summed E-state index contributed by atoms with van der Waals surface area (Å²) in [6.45, 7) is 4.74. The van der Waals surface area contributed by atoms with Gasteiger partial charge in [0.05, 0.1) is 23.2 Å². The molecule has 1 atom stereocenters. The molecule has 1 aliphatic heterocycles. The number of fused-ring (bicyclic) bond motifs is 2. The van der Waals surface area contributed by atoms with E-state index in [1.165, 1.54) is 5.56 Å². The van der Waals surface area contributed by atoms with Crippen LogP contribution in [0.2, 0.25) is 0 Å². The van der Waals surface area contributed by atoms with Crippen LogP contribution in [-0.4, -0.2) is 57.1 Å². The summed E-state index contributed by atoms with van der Waals surface area (Å²) in [4.78, 5) is 31.2. The third-order valence-electron chi connectivity index (χ3n) is 6.01. The minimum absolute atomic E-state index is 0.0901. The Labute approximate surface area is 193 Å². The van der Waals surface area contributed by atoms with E-state index in [2.05, 4.69) is 50.0 Å². The zero-order valence-corrected chi connectivity index (χ0v) is 18.6. The molecule has 1 amide bonds. The first-order valence-corrected chi connectivity index (χ1v) is 11.0. The van der Waals surface area contributed by atoms with Gasteiger partial charge in [0.2, 0.25) is 5.82 Å². The van der Waals surface area contributed by atoms with Crippen molar-refractivity contribution < 1.29 is 9.21 Å². The summed E-state index contributed by atoms with van der Waals surface area (Å²) >= 11 is 0. The van der Waals surface area contributed by atoms with Gasteiger partial charge in [-0.2, -0.15) is 5.10 Å². The summed E-state index contributed by atoms with van der Waals surface area (Å²) < 4.78 is 7.51. The van der Waals surface area contributed by atoms with Crippen LogP contribution in [0.15, 0.2) is 53.6 Å².